The van der Waals surface area contributed by atoms with Gasteiger partial charge in [-0.2, -0.15) is 0 Å². The largest absolute Gasteiger partial charge is 0.0913 e. The molecule has 13 heavy (non-hydrogen) atoms. The number of hydrogen-bond acceptors (Lipinski definition) is 0. The highest BCUT2D eigenvalue weighted by Crippen LogP contribution is 2.40. The van der Waals surface area contributed by atoms with Gasteiger partial charge < -0.3 is 0 Å². The van der Waals surface area contributed by atoms with Crippen molar-refractivity contribution in [2.24, 2.45) is 5.41 Å². The van der Waals surface area contributed by atoms with Crippen molar-refractivity contribution in [1.29, 1.82) is 0 Å². The van der Waals surface area contributed by atoms with Crippen molar-refractivity contribution >= 4 is 0 Å². The van der Waals surface area contributed by atoms with E-state index < -0.39 is 0 Å². The molecule has 1 aliphatic rings. The first-order valence-electron chi connectivity index (χ1n) is 5.38. The lowest BCUT2D eigenvalue weighted by molar-refractivity contribution is 0.365. The summed E-state index contributed by atoms with van der Waals surface area (Å²) in [7, 11) is 0. The van der Waals surface area contributed by atoms with E-state index in [0.29, 0.717) is 5.41 Å². The Kier molecular flexibility index (Phi) is 3.35. The topological polar surface area (TPSA) is 0 Å². The minimum Gasteiger partial charge on any atom is -0.0913 e. The predicted octanol–water partition coefficient (Wildman–Crippen LogP) is 4.48. The second-order valence-corrected chi connectivity index (χ2v) is 4.74. The molecule has 0 fully saturated rings. The fourth-order valence-electron chi connectivity index (χ4n) is 2.11. The van der Waals surface area contributed by atoms with Crippen molar-refractivity contribution < 1.29 is 0 Å². The zero-order valence-electron chi connectivity index (χ0n) is 9.48. The summed E-state index contributed by atoms with van der Waals surface area (Å²) in [4.78, 5) is 0. The molecule has 0 heterocycles. The third-order valence-electron chi connectivity index (χ3n) is 3.43. The van der Waals surface area contributed by atoms with E-state index in [1.807, 2.05) is 0 Å². The van der Waals surface area contributed by atoms with Crippen LogP contribution in [0.15, 0.2) is 23.3 Å². The average molecular weight is 178 g/mol. The summed E-state index contributed by atoms with van der Waals surface area (Å²) < 4.78 is 0. The SMILES string of the molecule is C/C=C\CC1=C(C)C(C)(C)CCC1. The van der Waals surface area contributed by atoms with Crippen molar-refractivity contribution in [3.05, 3.63) is 23.3 Å². The lowest BCUT2D eigenvalue weighted by Gasteiger charge is -2.33. The molecule has 0 saturated carbocycles. The molecule has 0 aromatic rings. The quantitative estimate of drug-likeness (QED) is 0.547. The van der Waals surface area contributed by atoms with Gasteiger partial charge in [-0.1, -0.05) is 37.1 Å². The Bertz CT molecular complexity index is 228. The van der Waals surface area contributed by atoms with Crippen LogP contribution in [0.25, 0.3) is 0 Å². The van der Waals surface area contributed by atoms with Crippen LogP contribution >= 0.6 is 0 Å². The summed E-state index contributed by atoms with van der Waals surface area (Å²) in [6.45, 7) is 9.16. The normalized spacial score (nSPS) is 22.8. The standard InChI is InChI=1S/C13H22/c1-5-6-8-12-9-7-10-13(3,4)11(12)2/h5-6H,7-10H2,1-4H3/b6-5-. The summed E-state index contributed by atoms with van der Waals surface area (Å²) in [6, 6.07) is 0. The minimum absolute atomic E-state index is 0.454. The van der Waals surface area contributed by atoms with Crippen LogP contribution in [0.5, 0.6) is 0 Å². The Morgan fingerprint density at radius 1 is 1.38 bits per heavy atom. The van der Waals surface area contributed by atoms with Crippen LogP contribution in [-0.2, 0) is 0 Å². The van der Waals surface area contributed by atoms with Crippen molar-refractivity contribution in [3.8, 4) is 0 Å². The van der Waals surface area contributed by atoms with Gasteiger partial charge in [-0.25, -0.2) is 0 Å². The fourth-order valence-corrected chi connectivity index (χ4v) is 2.11. The van der Waals surface area contributed by atoms with Crippen LogP contribution in [0.4, 0.5) is 0 Å². The van der Waals surface area contributed by atoms with Gasteiger partial charge in [-0.05, 0) is 44.9 Å². The van der Waals surface area contributed by atoms with Crippen molar-refractivity contribution in [3.63, 3.8) is 0 Å². The minimum atomic E-state index is 0.454. The highest BCUT2D eigenvalue weighted by molar-refractivity contribution is 5.23. The molecule has 1 rings (SSSR count). The molecule has 0 nitrogen and oxygen atoms in total. The van der Waals surface area contributed by atoms with E-state index in [4.69, 9.17) is 0 Å². The molecular formula is C13H22. The molecule has 74 valence electrons. The van der Waals surface area contributed by atoms with Crippen LogP contribution in [0, 0.1) is 5.41 Å². The lowest BCUT2D eigenvalue weighted by Crippen LogP contribution is -2.18. The Labute approximate surface area is 82.7 Å². The van der Waals surface area contributed by atoms with E-state index in [1.165, 1.54) is 25.7 Å². The van der Waals surface area contributed by atoms with Crippen molar-refractivity contribution in [2.75, 3.05) is 0 Å². The molecular weight excluding hydrogens is 156 g/mol. The van der Waals surface area contributed by atoms with E-state index in [-0.39, 0.29) is 0 Å². The van der Waals surface area contributed by atoms with Gasteiger partial charge in [0.1, 0.15) is 0 Å². The number of rotatable bonds is 2. The van der Waals surface area contributed by atoms with Gasteiger partial charge in [0.15, 0.2) is 0 Å². The maximum absolute atomic E-state index is 2.37. The molecule has 0 N–H and O–H groups in total. The molecule has 0 radical (unpaired) electrons. The Hall–Kier alpha value is -0.520. The van der Waals surface area contributed by atoms with Gasteiger partial charge in [0.25, 0.3) is 0 Å². The molecule has 0 amide bonds. The smallest absolute Gasteiger partial charge is 0.0136 e. The maximum atomic E-state index is 2.37. The summed E-state index contributed by atoms with van der Waals surface area (Å²) in [5.74, 6) is 0. The van der Waals surface area contributed by atoms with Crippen molar-refractivity contribution in [2.45, 2.75) is 53.4 Å². The van der Waals surface area contributed by atoms with E-state index >= 15 is 0 Å². The first kappa shape index (κ1) is 10.6. The summed E-state index contributed by atoms with van der Waals surface area (Å²) in [5, 5.41) is 0. The van der Waals surface area contributed by atoms with E-state index in [9.17, 15) is 0 Å². The molecule has 0 spiro atoms. The second-order valence-electron chi connectivity index (χ2n) is 4.74. The van der Waals surface area contributed by atoms with Crippen molar-refractivity contribution in [1.82, 2.24) is 0 Å². The van der Waals surface area contributed by atoms with Gasteiger partial charge in [0, 0.05) is 0 Å². The third kappa shape index (κ3) is 2.46. The molecule has 1 aliphatic carbocycles. The van der Waals surface area contributed by atoms with Gasteiger partial charge >= 0.3 is 0 Å². The van der Waals surface area contributed by atoms with Crippen LogP contribution in [0.1, 0.15) is 53.4 Å². The van der Waals surface area contributed by atoms with Gasteiger partial charge in [-0.3, -0.25) is 0 Å². The van der Waals surface area contributed by atoms with E-state index in [0.717, 1.165) is 0 Å². The fraction of sp³-hybridized carbons (Fsp3) is 0.692. The molecule has 0 aromatic carbocycles. The Balaban J connectivity index is 2.80. The summed E-state index contributed by atoms with van der Waals surface area (Å²) >= 11 is 0. The molecule has 0 aromatic heterocycles. The van der Waals surface area contributed by atoms with Crippen LogP contribution in [0.3, 0.4) is 0 Å². The first-order valence-corrected chi connectivity index (χ1v) is 5.38. The van der Waals surface area contributed by atoms with Crippen LogP contribution in [-0.4, -0.2) is 0 Å². The zero-order chi connectivity index (χ0) is 9.90. The average Bonchev–Trinajstić information content (AvgIpc) is 2.08. The zero-order valence-corrected chi connectivity index (χ0v) is 9.48. The first-order chi connectivity index (χ1) is 6.08. The van der Waals surface area contributed by atoms with Gasteiger partial charge in [0.2, 0.25) is 0 Å². The summed E-state index contributed by atoms with van der Waals surface area (Å²) in [5.41, 5.74) is 3.76. The molecule has 0 atom stereocenters. The second kappa shape index (κ2) is 4.13. The predicted molar refractivity (Wildman–Crippen MR) is 59.8 cm³/mol. The monoisotopic (exact) mass is 178 g/mol. The number of hydrogen-bond donors (Lipinski definition) is 0. The Morgan fingerprint density at radius 3 is 2.69 bits per heavy atom. The van der Waals surface area contributed by atoms with Gasteiger partial charge in [-0.15, -0.1) is 0 Å². The van der Waals surface area contributed by atoms with Gasteiger partial charge in [0.05, 0.1) is 0 Å². The van der Waals surface area contributed by atoms with E-state index in [1.54, 1.807) is 11.1 Å². The molecule has 0 heteroatoms. The lowest BCUT2D eigenvalue weighted by atomic mass is 9.72. The maximum Gasteiger partial charge on any atom is -0.0136 e. The Morgan fingerprint density at radius 2 is 2.08 bits per heavy atom. The highest BCUT2D eigenvalue weighted by atomic mass is 14.3. The summed E-state index contributed by atoms with van der Waals surface area (Å²) in [6.07, 6.45) is 9.66. The third-order valence-corrected chi connectivity index (χ3v) is 3.43. The highest BCUT2D eigenvalue weighted by Gasteiger charge is 2.25. The van der Waals surface area contributed by atoms with E-state index in [2.05, 4.69) is 39.8 Å². The van der Waals surface area contributed by atoms with Crippen LogP contribution < -0.4 is 0 Å². The molecule has 0 aliphatic heterocycles. The molecule has 0 unspecified atom stereocenters. The number of allylic oxidation sites excluding steroid dienone is 4. The molecule has 0 bridgehead atoms. The molecule has 0 saturated heterocycles. The van der Waals surface area contributed by atoms with Crippen LogP contribution in [0.2, 0.25) is 0 Å².